The molecule has 0 saturated carbocycles. The van der Waals surface area contributed by atoms with Gasteiger partial charge in [0, 0.05) is 12.7 Å². The predicted molar refractivity (Wildman–Crippen MR) is 104 cm³/mol. The molecule has 0 bridgehead atoms. The molecular formula is C20H30N4O2. The van der Waals surface area contributed by atoms with Crippen molar-refractivity contribution in [2.75, 3.05) is 26.2 Å². The van der Waals surface area contributed by atoms with E-state index in [0.29, 0.717) is 12.2 Å². The Kier molecular flexibility index (Phi) is 7.66. The molecule has 0 aliphatic carbocycles. The van der Waals surface area contributed by atoms with E-state index in [2.05, 4.69) is 35.2 Å². The highest BCUT2D eigenvalue weighted by atomic mass is 16.5. The molecule has 1 aromatic carbocycles. The van der Waals surface area contributed by atoms with Crippen LogP contribution in [0.5, 0.6) is 5.75 Å². The molecule has 1 heterocycles. The molecule has 0 saturated heterocycles. The maximum Gasteiger partial charge on any atom is 0.271 e. The SMILES string of the molecule is CCN(CC)CCCNC(=O)c1ccn(COc2cc(C)ccc2C)n1. The lowest BCUT2D eigenvalue weighted by atomic mass is 10.1. The predicted octanol–water partition coefficient (Wildman–Crippen LogP) is 3.00. The fourth-order valence-corrected chi connectivity index (χ4v) is 2.69. The maximum atomic E-state index is 12.2. The summed E-state index contributed by atoms with van der Waals surface area (Å²) in [7, 11) is 0. The van der Waals surface area contributed by atoms with Crippen LogP contribution in [0.2, 0.25) is 0 Å². The molecule has 0 aliphatic rings. The first-order chi connectivity index (χ1) is 12.5. The Morgan fingerprint density at radius 3 is 2.73 bits per heavy atom. The van der Waals surface area contributed by atoms with Crippen LogP contribution in [-0.2, 0) is 6.73 Å². The van der Waals surface area contributed by atoms with Gasteiger partial charge in [0.2, 0.25) is 0 Å². The zero-order valence-electron chi connectivity index (χ0n) is 16.3. The van der Waals surface area contributed by atoms with Crippen molar-refractivity contribution >= 4 is 5.91 Å². The molecule has 6 heteroatoms. The van der Waals surface area contributed by atoms with Gasteiger partial charge in [-0.3, -0.25) is 4.79 Å². The van der Waals surface area contributed by atoms with Crippen molar-refractivity contribution in [3.63, 3.8) is 0 Å². The van der Waals surface area contributed by atoms with Crippen molar-refractivity contribution < 1.29 is 9.53 Å². The second-order valence-corrected chi connectivity index (χ2v) is 6.42. The van der Waals surface area contributed by atoms with Gasteiger partial charge in [-0.25, -0.2) is 4.68 Å². The minimum atomic E-state index is -0.143. The first-order valence-corrected chi connectivity index (χ1v) is 9.27. The smallest absolute Gasteiger partial charge is 0.271 e. The van der Waals surface area contributed by atoms with Gasteiger partial charge in [-0.1, -0.05) is 26.0 Å². The summed E-state index contributed by atoms with van der Waals surface area (Å²) in [4.78, 5) is 14.5. The van der Waals surface area contributed by atoms with E-state index in [9.17, 15) is 4.79 Å². The molecule has 26 heavy (non-hydrogen) atoms. The molecule has 0 aliphatic heterocycles. The molecule has 142 valence electrons. The van der Waals surface area contributed by atoms with E-state index < -0.39 is 0 Å². The van der Waals surface area contributed by atoms with Crippen molar-refractivity contribution in [2.45, 2.75) is 40.8 Å². The fourth-order valence-electron chi connectivity index (χ4n) is 2.69. The fraction of sp³-hybridized carbons (Fsp3) is 0.500. The number of aromatic nitrogens is 2. The van der Waals surface area contributed by atoms with Crippen LogP contribution in [0.4, 0.5) is 0 Å². The summed E-state index contributed by atoms with van der Waals surface area (Å²) < 4.78 is 7.44. The van der Waals surface area contributed by atoms with Gasteiger partial charge < -0.3 is 15.0 Å². The van der Waals surface area contributed by atoms with Gasteiger partial charge >= 0.3 is 0 Å². The third kappa shape index (κ3) is 5.88. The molecule has 2 aromatic rings. The summed E-state index contributed by atoms with van der Waals surface area (Å²) >= 11 is 0. The molecule has 0 radical (unpaired) electrons. The summed E-state index contributed by atoms with van der Waals surface area (Å²) in [5.41, 5.74) is 2.64. The number of benzene rings is 1. The topological polar surface area (TPSA) is 59.4 Å². The number of hydrogen-bond donors (Lipinski definition) is 1. The molecule has 0 unspecified atom stereocenters. The first kappa shape index (κ1) is 20.0. The third-order valence-electron chi connectivity index (χ3n) is 4.40. The molecule has 0 atom stereocenters. The van der Waals surface area contributed by atoms with E-state index in [1.807, 2.05) is 26.0 Å². The zero-order valence-corrected chi connectivity index (χ0v) is 16.3. The Labute approximate surface area is 156 Å². The van der Waals surface area contributed by atoms with Gasteiger partial charge in [-0.05, 0) is 63.2 Å². The normalized spacial score (nSPS) is 11.0. The average Bonchev–Trinajstić information content (AvgIpc) is 3.11. The summed E-state index contributed by atoms with van der Waals surface area (Å²) in [6.45, 7) is 12.3. The Hall–Kier alpha value is -2.34. The Bertz CT molecular complexity index is 708. The number of rotatable bonds is 10. The van der Waals surface area contributed by atoms with Crippen LogP contribution in [0.25, 0.3) is 0 Å². The van der Waals surface area contributed by atoms with Gasteiger partial charge in [0.1, 0.15) is 11.4 Å². The highest BCUT2D eigenvalue weighted by Gasteiger charge is 2.09. The van der Waals surface area contributed by atoms with Crippen LogP contribution in [0, 0.1) is 13.8 Å². The molecule has 1 N–H and O–H groups in total. The standard InChI is InChI=1S/C20H30N4O2/c1-5-23(6-2)12-7-11-21-20(25)18-10-13-24(22-18)15-26-19-14-16(3)8-9-17(19)4/h8-10,13-14H,5-7,11-12,15H2,1-4H3,(H,21,25). The summed E-state index contributed by atoms with van der Waals surface area (Å²) in [5.74, 6) is 0.693. The second kappa shape index (κ2) is 9.97. The zero-order chi connectivity index (χ0) is 18.9. The van der Waals surface area contributed by atoms with Gasteiger partial charge in [-0.15, -0.1) is 0 Å². The monoisotopic (exact) mass is 358 g/mol. The van der Waals surface area contributed by atoms with Crippen LogP contribution in [0.3, 0.4) is 0 Å². The van der Waals surface area contributed by atoms with Crippen molar-refractivity contribution in [2.24, 2.45) is 0 Å². The molecular weight excluding hydrogens is 328 g/mol. The van der Waals surface area contributed by atoms with E-state index in [1.54, 1.807) is 16.9 Å². The quantitative estimate of drug-likeness (QED) is 0.663. The first-order valence-electron chi connectivity index (χ1n) is 9.27. The van der Waals surface area contributed by atoms with E-state index in [-0.39, 0.29) is 12.6 Å². The number of nitrogens with one attached hydrogen (secondary N) is 1. The van der Waals surface area contributed by atoms with E-state index in [1.165, 1.54) is 0 Å². The number of nitrogens with zero attached hydrogens (tertiary/aromatic N) is 3. The van der Waals surface area contributed by atoms with Crippen LogP contribution >= 0.6 is 0 Å². The molecule has 6 nitrogen and oxygen atoms in total. The molecule has 0 spiro atoms. The second-order valence-electron chi connectivity index (χ2n) is 6.42. The average molecular weight is 358 g/mol. The minimum absolute atomic E-state index is 0.143. The van der Waals surface area contributed by atoms with Crippen LogP contribution in [0.15, 0.2) is 30.5 Å². The van der Waals surface area contributed by atoms with Crippen molar-refractivity contribution in [3.05, 3.63) is 47.3 Å². The van der Waals surface area contributed by atoms with Gasteiger partial charge in [0.15, 0.2) is 6.73 Å². The minimum Gasteiger partial charge on any atom is -0.471 e. The van der Waals surface area contributed by atoms with Crippen LogP contribution in [-0.4, -0.2) is 46.8 Å². The summed E-state index contributed by atoms with van der Waals surface area (Å²) in [6, 6.07) is 7.80. The summed E-state index contributed by atoms with van der Waals surface area (Å²) in [5, 5.41) is 7.22. The van der Waals surface area contributed by atoms with Crippen molar-refractivity contribution in [1.82, 2.24) is 20.0 Å². The number of aryl methyl sites for hydroxylation is 2. The summed E-state index contributed by atoms with van der Waals surface area (Å²) in [6.07, 6.45) is 2.69. The largest absolute Gasteiger partial charge is 0.471 e. The van der Waals surface area contributed by atoms with Crippen LogP contribution in [0.1, 0.15) is 41.9 Å². The molecule has 0 fully saturated rings. The molecule has 1 amide bonds. The lowest BCUT2D eigenvalue weighted by molar-refractivity contribution is 0.0944. The van der Waals surface area contributed by atoms with Gasteiger partial charge in [-0.2, -0.15) is 5.10 Å². The van der Waals surface area contributed by atoms with Crippen LogP contribution < -0.4 is 10.1 Å². The Balaban J connectivity index is 1.79. The Morgan fingerprint density at radius 1 is 1.23 bits per heavy atom. The number of carbonyl (C=O) groups excluding carboxylic acids is 1. The highest BCUT2D eigenvalue weighted by molar-refractivity contribution is 5.92. The number of hydrogen-bond acceptors (Lipinski definition) is 4. The maximum absolute atomic E-state index is 12.2. The van der Waals surface area contributed by atoms with E-state index in [0.717, 1.165) is 42.9 Å². The number of carbonyl (C=O) groups is 1. The van der Waals surface area contributed by atoms with E-state index >= 15 is 0 Å². The third-order valence-corrected chi connectivity index (χ3v) is 4.40. The lowest BCUT2D eigenvalue weighted by Gasteiger charge is -2.17. The molecule has 2 rings (SSSR count). The lowest BCUT2D eigenvalue weighted by Crippen LogP contribution is -2.30. The van der Waals surface area contributed by atoms with E-state index in [4.69, 9.17) is 4.74 Å². The van der Waals surface area contributed by atoms with Gasteiger partial charge in [0.05, 0.1) is 0 Å². The van der Waals surface area contributed by atoms with Crippen molar-refractivity contribution in [3.8, 4) is 5.75 Å². The highest BCUT2D eigenvalue weighted by Crippen LogP contribution is 2.19. The number of amides is 1. The Morgan fingerprint density at radius 2 is 2.00 bits per heavy atom. The van der Waals surface area contributed by atoms with Gasteiger partial charge in [0.25, 0.3) is 5.91 Å². The molecule has 1 aromatic heterocycles. The van der Waals surface area contributed by atoms with Crippen molar-refractivity contribution in [1.29, 1.82) is 0 Å². The number of ether oxygens (including phenoxy) is 1.